The largest absolute Gasteiger partial charge is 0.395 e. The molecule has 0 saturated carbocycles. The van der Waals surface area contributed by atoms with E-state index in [1.54, 1.807) is 7.11 Å². The second-order valence-electron chi connectivity index (χ2n) is 7.23. The lowest BCUT2D eigenvalue weighted by Crippen LogP contribution is -2.56. The topological polar surface area (TPSA) is 90.2 Å². The van der Waals surface area contributed by atoms with Crippen molar-refractivity contribution >= 4 is 0 Å². The molecule has 5 heteroatoms. The third-order valence-electron chi connectivity index (χ3n) is 4.99. The molecule has 0 aliphatic rings. The smallest absolute Gasteiger partial charge is 0.0791 e. The van der Waals surface area contributed by atoms with Crippen LogP contribution in [0.1, 0.15) is 65.2 Å². The normalized spacial score (nSPS) is 15.1. The Balaban J connectivity index is 4.44. The molecule has 1 atom stereocenters. The van der Waals surface area contributed by atoms with Gasteiger partial charge in [0.15, 0.2) is 0 Å². The van der Waals surface area contributed by atoms with Crippen molar-refractivity contribution in [2.75, 3.05) is 33.5 Å². The number of aliphatic hydroxyl groups excluding tert-OH is 3. The van der Waals surface area contributed by atoms with Crippen LogP contribution in [0.25, 0.3) is 0 Å². The molecule has 0 saturated heterocycles. The van der Waals surface area contributed by atoms with E-state index in [9.17, 15) is 20.4 Å². The number of hydrogen-bond acceptors (Lipinski definition) is 5. The zero-order valence-corrected chi connectivity index (χ0v) is 15.3. The number of methoxy groups -OCH3 is 1. The summed E-state index contributed by atoms with van der Waals surface area (Å²) >= 11 is 0. The van der Waals surface area contributed by atoms with Crippen LogP contribution in [0.3, 0.4) is 0 Å². The Morgan fingerprint density at radius 1 is 0.826 bits per heavy atom. The number of hydrogen-bond donors (Lipinski definition) is 4. The van der Waals surface area contributed by atoms with Gasteiger partial charge in [-0.15, -0.1) is 0 Å². The summed E-state index contributed by atoms with van der Waals surface area (Å²) in [7, 11) is 1.55. The van der Waals surface area contributed by atoms with Crippen molar-refractivity contribution in [1.82, 2.24) is 0 Å². The molecule has 140 valence electrons. The summed E-state index contributed by atoms with van der Waals surface area (Å²) in [4.78, 5) is 0. The fraction of sp³-hybridized carbons (Fsp3) is 1.00. The second kappa shape index (κ2) is 12.2. The standard InChI is InChI=1S/C18H38O5/c1-16(2)9-7-5-4-6-8-10-18(22,11-12-23-3)17(13-19,14-20)15-21/h16,19-22H,4-15H2,1-3H3. The van der Waals surface area contributed by atoms with Crippen molar-refractivity contribution in [2.45, 2.75) is 70.8 Å². The summed E-state index contributed by atoms with van der Waals surface area (Å²) in [5.41, 5.74) is -2.61. The fourth-order valence-electron chi connectivity index (χ4n) is 3.02. The molecule has 1 unspecified atom stereocenters. The summed E-state index contributed by atoms with van der Waals surface area (Å²) in [6.07, 6.45) is 7.35. The molecule has 0 aliphatic heterocycles. The maximum Gasteiger partial charge on any atom is 0.0791 e. The van der Waals surface area contributed by atoms with Gasteiger partial charge in [-0.05, 0) is 12.3 Å². The molecule has 5 nitrogen and oxygen atoms in total. The molecular formula is C18H38O5. The van der Waals surface area contributed by atoms with Gasteiger partial charge in [-0.1, -0.05) is 52.4 Å². The Morgan fingerprint density at radius 3 is 1.83 bits per heavy atom. The van der Waals surface area contributed by atoms with Crippen LogP contribution in [0.4, 0.5) is 0 Å². The first-order valence-corrected chi connectivity index (χ1v) is 8.95. The first-order valence-electron chi connectivity index (χ1n) is 8.95. The van der Waals surface area contributed by atoms with E-state index in [1.165, 1.54) is 19.3 Å². The van der Waals surface area contributed by atoms with Crippen molar-refractivity contribution in [1.29, 1.82) is 0 Å². The van der Waals surface area contributed by atoms with Crippen LogP contribution >= 0.6 is 0 Å². The van der Waals surface area contributed by atoms with Crippen LogP contribution in [0.15, 0.2) is 0 Å². The van der Waals surface area contributed by atoms with E-state index in [1.807, 2.05) is 0 Å². The second-order valence-corrected chi connectivity index (χ2v) is 7.23. The summed E-state index contributed by atoms with van der Waals surface area (Å²) in [5, 5.41) is 39.8. The Hall–Kier alpha value is -0.200. The Labute approximate surface area is 141 Å². The Bertz CT molecular complexity index is 270. The van der Waals surface area contributed by atoms with E-state index in [0.29, 0.717) is 19.4 Å². The number of aliphatic hydroxyl groups is 4. The van der Waals surface area contributed by atoms with Crippen LogP contribution in [0.2, 0.25) is 0 Å². The predicted molar refractivity (Wildman–Crippen MR) is 92.3 cm³/mol. The van der Waals surface area contributed by atoms with Gasteiger partial charge in [0.25, 0.3) is 0 Å². The van der Waals surface area contributed by atoms with E-state index >= 15 is 0 Å². The van der Waals surface area contributed by atoms with Gasteiger partial charge in [0.05, 0.1) is 30.8 Å². The fourth-order valence-corrected chi connectivity index (χ4v) is 3.02. The lowest BCUT2D eigenvalue weighted by atomic mass is 9.69. The van der Waals surface area contributed by atoms with Gasteiger partial charge < -0.3 is 25.2 Å². The van der Waals surface area contributed by atoms with Crippen molar-refractivity contribution in [3.05, 3.63) is 0 Å². The first-order chi connectivity index (χ1) is 10.9. The van der Waals surface area contributed by atoms with Gasteiger partial charge >= 0.3 is 0 Å². The predicted octanol–water partition coefficient (Wildman–Crippen LogP) is 2.10. The molecule has 0 rings (SSSR count). The third-order valence-corrected chi connectivity index (χ3v) is 4.99. The molecule has 0 spiro atoms. The van der Waals surface area contributed by atoms with Gasteiger partial charge in [0.2, 0.25) is 0 Å². The monoisotopic (exact) mass is 334 g/mol. The minimum absolute atomic E-state index is 0.290. The average Bonchev–Trinajstić information content (AvgIpc) is 2.54. The highest BCUT2D eigenvalue weighted by Crippen LogP contribution is 2.38. The Kier molecular flexibility index (Phi) is 12.1. The van der Waals surface area contributed by atoms with Crippen LogP contribution < -0.4 is 0 Å². The summed E-state index contributed by atoms with van der Waals surface area (Å²) < 4.78 is 5.04. The maximum absolute atomic E-state index is 11.0. The minimum Gasteiger partial charge on any atom is -0.395 e. The molecule has 0 aromatic carbocycles. The molecule has 0 aliphatic carbocycles. The van der Waals surface area contributed by atoms with Crippen LogP contribution in [-0.2, 0) is 4.74 Å². The quantitative estimate of drug-likeness (QED) is 0.344. The average molecular weight is 334 g/mol. The molecule has 0 radical (unpaired) electrons. The highest BCUT2D eigenvalue weighted by atomic mass is 16.5. The van der Waals surface area contributed by atoms with E-state index in [2.05, 4.69) is 13.8 Å². The van der Waals surface area contributed by atoms with Crippen LogP contribution in [0, 0.1) is 11.3 Å². The molecule has 0 bridgehead atoms. The van der Waals surface area contributed by atoms with Gasteiger partial charge in [-0.25, -0.2) is 0 Å². The molecule has 0 aromatic rings. The maximum atomic E-state index is 11.0. The molecule has 0 heterocycles. The number of unbranched alkanes of at least 4 members (excludes halogenated alkanes) is 4. The van der Waals surface area contributed by atoms with Crippen molar-refractivity contribution in [3.8, 4) is 0 Å². The van der Waals surface area contributed by atoms with E-state index in [-0.39, 0.29) is 0 Å². The van der Waals surface area contributed by atoms with Crippen molar-refractivity contribution in [3.63, 3.8) is 0 Å². The lowest BCUT2D eigenvalue weighted by molar-refractivity contribution is -0.166. The van der Waals surface area contributed by atoms with Crippen LogP contribution in [0.5, 0.6) is 0 Å². The van der Waals surface area contributed by atoms with Gasteiger partial charge in [-0.2, -0.15) is 0 Å². The van der Waals surface area contributed by atoms with E-state index in [4.69, 9.17) is 4.74 Å². The van der Waals surface area contributed by atoms with Crippen molar-refractivity contribution in [2.24, 2.45) is 11.3 Å². The minimum atomic E-state index is -1.32. The molecule has 4 N–H and O–H groups in total. The van der Waals surface area contributed by atoms with Crippen LogP contribution in [-0.4, -0.2) is 59.6 Å². The molecule has 23 heavy (non-hydrogen) atoms. The number of ether oxygens (including phenoxy) is 1. The summed E-state index contributed by atoms with van der Waals surface area (Å²) in [6, 6.07) is 0. The molecule has 0 fully saturated rings. The highest BCUT2D eigenvalue weighted by Gasteiger charge is 2.48. The number of rotatable bonds is 15. The zero-order valence-electron chi connectivity index (χ0n) is 15.3. The summed E-state index contributed by atoms with van der Waals surface area (Å²) in [6.45, 7) is 3.44. The SMILES string of the molecule is COCCC(O)(CCCCCCCC(C)C)C(CO)(CO)CO. The van der Waals surface area contributed by atoms with Gasteiger partial charge in [0.1, 0.15) is 0 Å². The van der Waals surface area contributed by atoms with E-state index < -0.39 is 30.8 Å². The highest BCUT2D eigenvalue weighted by molar-refractivity contribution is 4.98. The van der Waals surface area contributed by atoms with E-state index in [0.717, 1.165) is 25.2 Å². The van der Waals surface area contributed by atoms with Gasteiger partial charge in [-0.3, -0.25) is 0 Å². The van der Waals surface area contributed by atoms with Gasteiger partial charge in [0, 0.05) is 20.1 Å². The molecule has 0 amide bonds. The van der Waals surface area contributed by atoms with Crippen molar-refractivity contribution < 1.29 is 25.2 Å². The molecule has 0 aromatic heterocycles. The third kappa shape index (κ3) is 7.48. The summed E-state index contributed by atoms with van der Waals surface area (Å²) in [5.74, 6) is 0.744. The lowest BCUT2D eigenvalue weighted by Gasteiger charge is -2.44. The zero-order chi connectivity index (χ0) is 17.8. The molecular weight excluding hydrogens is 296 g/mol. The first kappa shape index (κ1) is 22.8. The Morgan fingerprint density at radius 2 is 1.35 bits per heavy atom.